The van der Waals surface area contributed by atoms with Crippen LogP contribution in [0.5, 0.6) is 5.75 Å². The van der Waals surface area contributed by atoms with E-state index in [9.17, 15) is 22.8 Å². The summed E-state index contributed by atoms with van der Waals surface area (Å²) in [4.78, 5) is 29.2. The Morgan fingerprint density at radius 3 is 2.68 bits per heavy atom. The van der Waals surface area contributed by atoms with E-state index in [0.29, 0.717) is 0 Å². The number of benzene rings is 1. The van der Waals surface area contributed by atoms with Gasteiger partial charge in [-0.3, -0.25) is 9.59 Å². The monoisotopic (exact) mass is 561 g/mol. The van der Waals surface area contributed by atoms with Crippen LogP contribution in [-0.2, 0) is 6.61 Å². The molecule has 0 fully saturated rings. The summed E-state index contributed by atoms with van der Waals surface area (Å²) >= 11 is 6.71. The number of nitrogens with two attached hydrogens (primary N) is 1. The van der Waals surface area contributed by atoms with Crippen molar-refractivity contribution >= 4 is 50.7 Å². The lowest BCUT2D eigenvalue weighted by Crippen LogP contribution is -2.16. The second kappa shape index (κ2) is 10.2. The van der Waals surface area contributed by atoms with Gasteiger partial charge < -0.3 is 24.6 Å². The highest BCUT2D eigenvalue weighted by atomic mass is 35.5. The van der Waals surface area contributed by atoms with Crippen molar-refractivity contribution in [3.63, 3.8) is 0 Å². The van der Waals surface area contributed by atoms with Crippen LogP contribution >= 0.6 is 22.9 Å². The maximum absolute atomic E-state index is 13.5. The number of rotatable bonds is 8. The molecule has 1 aromatic carbocycles. The third kappa shape index (κ3) is 4.95. The number of aromatic nitrogens is 1. The van der Waals surface area contributed by atoms with Gasteiger partial charge in [-0.15, -0.1) is 11.3 Å². The molecule has 0 atom stereocenters. The van der Waals surface area contributed by atoms with E-state index >= 15 is 0 Å². The number of furan rings is 2. The summed E-state index contributed by atoms with van der Waals surface area (Å²) in [6, 6.07) is 10.7. The van der Waals surface area contributed by atoms with Gasteiger partial charge in [0.2, 0.25) is 0 Å². The van der Waals surface area contributed by atoms with Crippen LogP contribution in [-0.4, -0.2) is 16.8 Å². The lowest BCUT2D eigenvalue weighted by molar-refractivity contribution is 0.0992. The molecule has 0 radical (unpaired) electrons. The summed E-state index contributed by atoms with van der Waals surface area (Å²) in [5.74, 6) is -1.61. The number of hydrogen-bond donors (Lipinski definition) is 2. The molecule has 194 valence electrons. The molecule has 0 saturated carbocycles. The first-order valence-electron chi connectivity index (χ1n) is 10.8. The molecule has 0 unspecified atom stereocenters. The predicted molar refractivity (Wildman–Crippen MR) is 133 cm³/mol. The minimum Gasteiger partial charge on any atom is -0.484 e. The minimum atomic E-state index is -2.89. The molecule has 5 aromatic rings. The Morgan fingerprint density at radius 1 is 1.18 bits per heavy atom. The van der Waals surface area contributed by atoms with Gasteiger partial charge in [-0.2, -0.15) is 0 Å². The number of pyridine rings is 1. The highest BCUT2D eigenvalue weighted by Crippen LogP contribution is 2.42. The van der Waals surface area contributed by atoms with E-state index < -0.39 is 29.8 Å². The summed E-state index contributed by atoms with van der Waals surface area (Å²) < 4.78 is 56.7. The van der Waals surface area contributed by atoms with Crippen LogP contribution in [0.2, 0.25) is 5.02 Å². The van der Waals surface area contributed by atoms with Crippen molar-refractivity contribution < 1.29 is 36.3 Å². The number of amides is 2. The first-order chi connectivity index (χ1) is 18.2. The Kier molecular flexibility index (Phi) is 6.83. The number of carbonyl (C=O) groups excluding carboxylic acids is 2. The molecule has 2 amide bonds. The molecule has 4 heterocycles. The van der Waals surface area contributed by atoms with Crippen molar-refractivity contribution in [3.8, 4) is 17.1 Å². The second-order valence-corrected chi connectivity index (χ2v) is 9.21. The molecular weight excluding hydrogens is 547 g/mol. The fourth-order valence-corrected chi connectivity index (χ4v) is 4.88. The average Bonchev–Trinajstić information content (AvgIpc) is 3.63. The normalized spacial score (nSPS) is 11.3. The van der Waals surface area contributed by atoms with E-state index in [-0.39, 0.29) is 61.0 Å². The smallest absolute Gasteiger partial charge is 0.291 e. The lowest BCUT2D eigenvalue weighted by Gasteiger charge is -2.09. The van der Waals surface area contributed by atoms with Crippen molar-refractivity contribution in [1.82, 2.24) is 4.98 Å². The SMILES string of the molecule is NC(=O)c1sc2nc(C(F)F)cc(-c3ccco3)c2c1NC(=O)c1ccc(COc2ccc(F)cc2Cl)o1. The van der Waals surface area contributed by atoms with Gasteiger partial charge in [0.15, 0.2) is 5.76 Å². The number of alkyl halides is 2. The number of thiophene rings is 1. The highest BCUT2D eigenvalue weighted by molar-refractivity contribution is 7.21. The predicted octanol–water partition coefficient (Wildman–Crippen LogP) is 6.81. The van der Waals surface area contributed by atoms with Crippen LogP contribution in [0.25, 0.3) is 21.5 Å². The van der Waals surface area contributed by atoms with Crippen LogP contribution < -0.4 is 15.8 Å². The molecule has 0 saturated heterocycles. The Labute approximate surface area is 220 Å². The van der Waals surface area contributed by atoms with Gasteiger partial charge in [0.25, 0.3) is 18.2 Å². The molecule has 5 rings (SSSR count). The third-order valence-corrected chi connectivity index (χ3v) is 6.70. The minimum absolute atomic E-state index is 0.0190. The van der Waals surface area contributed by atoms with Crippen LogP contribution in [0.4, 0.5) is 18.9 Å². The average molecular weight is 562 g/mol. The second-order valence-electron chi connectivity index (χ2n) is 7.81. The van der Waals surface area contributed by atoms with E-state index in [1.807, 2.05) is 0 Å². The molecule has 0 aliphatic heterocycles. The zero-order valence-corrected chi connectivity index (χ0v) is 20.5. The largest absolute Gasteiger partial charge is 0.484 e. The molecule has 0 spiro atoms. The molecule has 13 heteroatoms. The van der Waals surface area contributed by atoms with Gasteiger partial charge in [-0.05, 0) is 48.5 Å². The molecule has 38 heavy (non-hydrogen) atoms. The summed E-state index contributed by atoms with van der Waals surface area (Å²) in [6.07, 6.45) is -1.53. The molecule has 4 aromatic heterocycles. The number of anilines is 1. The van der Waals surface area contributed by atoms with Crippen molar-refractivity contribution in [2.75, 3.05) is 5.32 Å². The van der Waals surface area contributed by atoms with E-state index in [4.69, 9.17) is 30.9 Å². The zero-order valence-electron chi connectivity index (χ0n) is 19.0. The number of halogens is 4. The number of primary amides is 1. The Bertz CT molecular complexity index is 1670. The first kappa shape index (κ1) is 25.4. The van der Waals surface area contributed by atoms with E-state index in [1.165, 1.54) is 30.5 Å². The van der Waals surface area contributed by atoms with Gasteiger partial charge in [0.1, 0.15) is 45.1 Å². The lowest BCUT2D eigenvalue weighted by atomic mass is 10.1. The third-order valence-electron chi connectivity index (χ3n) is 5.30. The van der Waals surface area contributed by atoms with Gasteiger partial charge in [0.05, 0.1) is 17.0 Å². The Morgan fingerprint density at radius 2 is 2.00 bits per heavy atom. The maximum Gasteiger partial charge on any atom is 0.291 e. The van der Waals surface area contributed by atoms with Crippen LogP contribution in [0.1, 0.15) is 38.1 Å². The molecule has 3 N–H and O–H groups in total. The number of hydrogen-bond acceptors (Lipinski definition) is 7. The summed E-state index contributed by atoms with van der Waals surface area (Å²) in [7, 11) is 0. The highest BCUT2D eigenvalue weighted by Gasteiger charge is 2.26. The number of ether oxygens (including phenoxy) is 1. The quantitative estimate of drug-likeness (QED) is 0.215. The van der Waals surface area contributed by atoms with Crippen molar-refractivity contribution in [3.05, 3.63) is 87.7 Å². The van der Waals surface area contributed by atoms with Crippen molar-refractivity contribution in [2.45, 2.75) is 13.0 Å². The number of nitrogens with zero attached hydrogens (tertiary/aromatic N) is 1. The molecule has 0 bridgehead atoms. The topological polar surface area (TPSA) is 121 Å². The standard InChI is InChI=1S/C25H15ClF3N3O5S/c26-14-8-11(27)3-5-17(14)36-10-12-4-6-18(37-12)24(34)32-20-19-13(16-2-1-7-35-16)9-15(22(28)29)31-25(19)38-21(20)23(30)33/h1-9,22H,10H2,(H2,30,33)(H,32,34). The van der Waals surface area contributed by atoms with E-state index in [0.717, 1.165) is 23.5 Å². The number of nitrogens with one attached hydrogen (secondary N) is 1. The number of fused-ring (bicyclic) bond motifs is 1. The number of carbonyl (C=O) groups is 2. The van der Waals surface area contributed by atoms with Gasteiger partial charge in [-0.1, -0.05) is 11.6 Å². The van der Waals surface area contributed by atoms with Gasteiger partial charge in [0, 0.05) is 10.9 Å². The fraction of sp³-hybridized carbons (Fsp3) is 0.0800. The van der Waals surface area contributed by atoms with Crippen molar-refractivity contribution in [2.24, 2.45) is 5.73 Å². The zero-order chi connectivity index (χ0) is 27.0. The van der Waals surface area contributed by atoms with Crippen molar-refractivity contribution in [1.29, 1.82) is 0 Å². The van der Waals surface area contributed by atoms with E-state index in [1.54, 1.807) is 12.1 Å². The summed E-state index contributed by atoms with van der Waals surface area (Å²) in [6.45, 7) is -0.116. The molecule has 0 aliphatic carbocycles. The van der Waals surface area contributed by atoms with Gasteiger partial charge >= 0.3 is 0 Å². The van der Waals surface area contributed by atoms with E-state index in [2.05, 4.69) is 10.3 Å². The maximum atomic E-state index is 13.5. The molecule has 0 aliphatic rings. The Hall–Kier alpha value is -4.29. The Balaban J connectivity index is 1.46. The van der Waals surface area contributed by atoms with Crippen LogP contribution in [0.15, 0.2) is 63.6 Å². The summed E-state index contributed by atoms with van der Waals surface area (Å²) in [5.41, 5.74) is 5.17. The first-order valence-corrected chi connectivity index (χ1v) is 12.0. The molecule has 8 nitrogen and oxygen atoms in total. The summed E-state index contributed by atoms with van der Waals surface area (Å²) in [5, 5.41) is 2.86. The van der Waals surface area contributed by atoms with Gasteiger partial charge in [-0.25, -0.2) is 18.2 Å². The molecular formula is C25H15ClF3N3O5S. The fourth-order valence-electron chi connectivity index (χ4n) is 3.64. The van der Waals surface area contributed by atoms with Crippen LogP contribution in [0.3, 0.4) is 0 Å². The van der Waals surface area contributed by atoms with Crippen LogP contribution in [0, 0.1) is 5.82 Å².